The number of aryl methyl sites for hydroxylation is 1. The number of hydrogen-bond donors (Lipinski definition) is 1. The van der Waals surface area contributed by atoms with E-state index in [1.54, 1.807) is 18.1 Å². The Morgan fingerprint density at radius 2 is 2.46 bits per heavy atom. The largest absolute Gasteiger partial charge is 0.392 e. The second-order valence-electron chi connectivity index (χ2n) is 3.38. The van der Waals surface area contributed by atoms with Crippen LogP contribution >= 0.6 is 11.8 Å². The maximum atomic E-state index is 9.60. The molecule has 5 heteroatoms. The van der Waals surface area contributed by atoms with Crippen molar-refractivity contribution in [1.82, 2.24) is 14.8 Å². The van der Waals surface area contributed by atoms with Crippen LogP contribution in [0.1, 0.15) is 19.3 Å². The molecule has 1 fully saturated rings. The van der Waals surface area contributed by atoms with Crippen molar-refractivity contribution in [2.45, 2.75) is 35.8 Å². The molecule has 0 aliphatic heterocycles. The van der Waals surface area contributed by atoms with Gasteiger partial charge in [0.2, 0.25) is 0 Å². The molecule has 1 aliphatic rings. The highest BCUT2D eigenvalue weighted by Crippen LogP contribution is 2.33. The molecule has 13 heavy (non-hydrogen) atoms. The Hall–Kier alpha value is -0.550. The second-order valence-corrected chi connectivity index (χ2v) is 4.59. The summed E-state index contributed by atoms with van der Waals surface area (Å²) in [6.45, 7) is 0. The van der Waals surface area contributed by atoms with Gasteiger partial charge in [-0.2, -0.15) is 0 Å². The van der Waals surface area contributed by atoms with E-state index < -0.39 is 0 Å². The second kappa shape index (κ2) is 3.67. The predicted molar refractivity (Wildman–Crippen MR) is 50.5 cm³/mol. The summed E-state index contributed by atoms with van der Waals surface area (Å²) in [6, 6.07) is 0. The molecule has 1 N–H and O–H groups in total. The fraction of sp³-hybridized carbons (Fsp3) is 0.750. The lowest BCUT2D eigenvalue weighted by Gasteiger charge is -2.12. The molecule has 1 heterocycles. The van der Waals surface area contributed by atoms with E-state index in [0.717, 1.165) is 24.4 Å². The molecule has 0 spiro atoms. The summed E-state index contributed by atoms with van der Waals surface area (Å²) in [4.78, 5) is 0. The van der Waals surface area contributed by atoms with E-state index in [1.165, 1.54) is 0 Å². The number of thioether (sulfide) groups is 1. The van der Waals surface area contributed by atoms with Crippen molar-refractivity contribution in [2.24, 2.45) is 7.05 Å². The van der Waals surface area contributed by atoms with E-state index in [4.69, 9.17) is 0 Å². The first kappa shape index (κ1) is 9.02. The molecule has 0 saturated heterocycles. The zero-order chi connectivity index (χ0) is 9.26. The van der Waals surface area contributed by atoms with Crippen LogP contribution in [-0.2, 0) is 7.05 Å². The van der Waals surface area contributed by atoms with Gasteiger partial charge in [0.15, 0.2) is 5.16 Å². The Morgan fingerprint density at radius 3 is 3.00 bits per heavy atom. The van der Waals surface area contributed by atoms with E-state index in [0.29, 0.717) is 5.25 Å². The first-order valence-corrected chi connectivity index (χ1v) is 5.34. The highest BCUT2D eigenvalue weighted by atomic mass is 32.2. The topological polar surface area (TPSA) is 50.9 Å². The Morgan fingerprint density at radius 1 is 1.62 bits per heavy atom. The van der Waals surface area contributed by atoms with E-state index >= 15 is 0 Å². The highest BCUT2D eigenvalue weighted by molar-refractivity contribution is 7.99. The van der Waals surface area contributed by atoms with Gasteiger partial charge < -0.3 is 9.67 Å². The molecule has 0 radical (unpaired) electrons. The summed E-state index contributed by atoms with van der Waals surface area (Å²) in [5.41, 5.74) is 0. The standard InChI is InChI=1S/C8H13N3OS/c1-11-5-9-10-8(11)13-7-4-2-3-6(7)12/h5-7,12H,2-4H2,1H3/t6-,7-/m0/s1. The molecule has 0 bridgehead atoms. The molecular formula is C8H13N3OS. The van der Waals surface area contributed by atoms with Gasteiger partial charge in [0.05, 0.1) is 6.10 Å². The zero-order valence-electron chi connectivity index (χ0n) is 7.55. The molecule has 0 unspecified atom stereocenters. The lowest BCUT2D eigenvalue weighted by Crippen LogP contribution is -2.15. The molecule has 0 aromatic carbocycles. The highest BCUT2D eigenvalue weighted by Gasteiger charge is 2.27. The lowest BCUT2D eigenvalue weighted by atomic mass is 10.3. The first-order chi connectivity index (χ1) is 6.27. The van der Waals surface area contributed by atoms with Gasteiger partial charge in [0, 0.05) is 12.3 Å². The van der Waals surface area contributed by atoms with Crippen molar-refractivity contribution in [3.63, 3.8) is 0 Å². The van der Waals surface area contributed by atoms with Crippen molar-refractivity contribution in [3.05, 3.63) is 6.33 Å². The number of hydrogen-bond acceptors (Lipinski definition) is 4. The van der Waals surface area contributed by atoms with Crippen LogP contribution in [0.25, 0.3) is 0 Å². The molecule has 2 rings (SSSR count). The van der Waals surface area contributed by atoms with Crippen molar-refractivity contribution >= 4 is 11.8 Å². The van der Waals surface area contributed by atoms with Gasteiger partial charge in [-0.3, -0.25) is 0 Å². The van der Waals surface area contributed by atoms with Gasteiger partial charge in [-0.1, -0.05) is 11.8 Å². The predicted octanol–water partition coefficient (Wildman–Crippen LogP) is 0.821. The summed E-state index contributed by atoms with van der Waals surface area (Å²) in [5.74, 6) is 0. The van der Waals surface area contributed by atoms with E-state index in [2.05, 4.69) is 10.2 Å². The average Bonchev–Trinajstić information content (AvgIpc) is 2.65. The molecular weight excluding hydrogens is 186 g/mol. The normalized spacial score (nSPS) is 28.2. The molecule has 4 nitrogen and oxygen atoms in total. The minimum absolute atomic E-state index is 0.165. The zero-order valence-corrected chi connectivity index (χ0v) is 8.37. The number of nitrogens with zero attached hydrogens (tertiary/aromatic N) is 3. The molecule has 1 aromatic heterocycles. The van der Waals surface area contributed by atoms with Crippen molar-refractivity contribution in [3.8, 4) is 0 Å². The SMILES string of the molecule is Cn1cnnc1S[C@H]1CCC[C@@H]1O. The Bertz CT molecular complexity index is 289. The van der Waals surface area contributed by atoms with Gasteiger partial charge in [-0.05, 0) is 19.3 Å². The van der Waals surface area contributed by atoms with Crippen LogP contribution in [0.3, 0.4) is 0 Å². The Labute approximate surface area is 81.4 Å². The summed E-state index contributed by atoms with van der Waals surface area (Å²) in [6.07, 6.45) is 4.65. The summed E-state index contributed by atoms with van der Waals surface area (Å²) < 4.78 is 1.88. The van der Waals surface area contributed by atoms with Crippen LogP contribution in [0, 0.1) is 0 Å². The van der Waals surface area contributed by atoms with Gasteiger partial charge in [0.1, 0.15) is 6.33 Å². The fourth-order valence-electron chi connectivity index (χ4n) is 1.56. The number of rotatable bonds is 2. The van der Waals surface area contributed by atoms with Gasteiger partial charge in [-0.25, -0.2) is 0 Å². The summed E-state index contributed by atoms with van der Waals surface area (Å²) >= 11 is 1.63. The minimum atomic E-state index is -0.165. The van der Waals surface area contributed by atoms with Crippen LogP contribution < -0.4 is 0 Å². The average molecular weight is 199 g/mol. The van der Waals surface area contributed by atoms with Crippen molar-refractivity contribution < 1.29 is 5.11 Å². The van der Waals surface area contributed by atoms with E-state index in [1.807, 2.05) is 11.6 Å². The Balaban J connectivity index is 2.01. The van der Waals surface area contributed by atoms with E-state index in [-0.39, 0.29) is 6.10 Å². The molecule has 0 amide bonds. The minimum Gasteiger partial charge on any atom is -0.392 e. The van der Waals surface area contributed by atoms with Gasteiger partial charge in [-0.15, -0.1) is 10.2 Å². The third-order valence-electron chi connectivity index (χ3n) is 2.34. The van der Waals surface area contributed by atoms with Crippen LogP contribution in [0.2, 0.25) is 0 Å². The molecule has 1 aromatic rings. The summed E-state index contributed by atoms with van der Waals surface area (Å²) in [7, 11) is 1.92. The number of aliphatic hydroxyl groups is 1. The first-order valence-electron chi connectivity index (χ1n) is 4.46. The van der Waals surface area contributed by atoms with Crippen LogP contribution in [0.15, 0.2) is 11.5 Å². The molecule has 72 valence electrons. The lowest BCUT2D eigenvalue weighted by molar-refractivity contribution is 0.188. The molecule has 1 aliphatic carbocycles. The van der Waals surface area contributed by atoms with Crippen molar-refractivity contribution in [2.75, 3.05) is 0 Å². The van der Waals surface area contributed by atoms with E-state index in [9.17, 15) is 5.11 Å². The maximum absolute atomic E-state index is 9.60. The van der Waals surface area contributed by atoms with Gasteiger partial charge >= 0.3 is 0 Å². The fourth-order valence-corrected chi connectivity index (χ4v) is 2.71. The van der Waals surface area contributed by atoms with Crippen LogP contribution in [-0.4, -0.2) is 31.2 Å². The smallest absolute Gasteiger partial charge is 0.191 e. The molecule has 2 atom stereocenters. The number of aliphatic hydroxyl groups excluding tert-OH is 1. The molecule has 1 saturated carbocycles. The maximum Gasteiger partial charge on any atom is 0.191 e. The summed E-state index contributed by atoms with van der Waals surface area (Å²) in [5, 5.41) is 18.6. The monoisotopic (exact) mass is 199 g/mol. The van der Waals surface area contributed by atoms with Crippen LogP contribution in [0.5, 0.6) is 0 Å². The quantitative estimate of drug-likeness (QED) is 0.766. The van der Waals surface area contributed by atoms with Crippen LogP contribution in [0.4, 0.5) is 0 Å². The van der Waals surface area contributed by atoms with Gasteiger partial charge in [0.25, 0.3) is 0 Å². The number of aromatic nitrogens is 3. The van der Waals surface area contributed by atoms with Crippen molar-refractivity contribution in [1.29, 1.82) is 0 Å². The third kappa shape index (κ3) is 1.86. The Kier molecular flexibility index (Phi) is 2.55. The third-order valence-corrected chi connectivity index (χ3v) is 3.78.